The van der Waals surface area contributed by atoms with Crippen molar-refractivity contribution in [2.45, 2.75) is 38.6 Å². The SMILES string of the molecule is O=C(COc1ccc(N2CCCC2=O)cc1)NCc1ccc(C(=O)N2CCCCC2)cc1. The molecule has 0 spiro atoms. The lowest BCUT2D eigenvalue weighted by molar-refractivity contribution is -0.123. The predicted octanol–water partition coefficient (Wildman–Crippen LogP) is 3.13. The molecule has 2 aliphatic rings. The van der Waals surface area contributed by atoms with Crippen LogP contribution >= 0.6 is 0 Å². The average molecular weight is 436 g/mol. The van der Waals surface area contributed by atoms with Gasteiger partial charge in [0.1, 0.15) is 5.75 Å². The van der Waals surface area contributed by atoms with Crippen molar-refractivity contribution in [3.05, 3.63) is 59.7 Å². The van der Waals surface area contributed by atoms with Crippen molar-refractivity contribution in [1.82, 2.24) is 10.2 Å². The van der Waals surface area contributed by atoms with Crippen molar-refractivity contribution < 1.29 is 19.1 Å². The molecule has 2 fully saturated rings. The Bertz CT molecular complexity index is 950. The topological polar surface area (TPSA) is 79.0 Å². The summed E-state index contributed by atoms with van der Waals surface area (Å²) in [6.07, 6.45) is 4.81. The van der Waals surface area contributed by atoms with Gasteiger partial charge in [-0.1, -0.05) is 12.1 Å². The molecule has 0 unspecified atom stereocenters. The van der Waals surface area contributed by atoms with Gasteiger partial charge in [0.25, 0.3) is 11.8 Å². The van der Waals surface area contributed by atoms with Gasteiger partial charge in [-0.15, -0.1) is 0 Å². The summed E-state index contributed by atoms with van der Waals surface area (Å²) in [7, 11) is 0. The van der Waals surface area contributed by atoms with Crippen molar-refractivity contribution >= 4 is 23.4 Å². The van der Waals surface area contributed by atoms with Crippen molar-refractivity contribution in [3.8, 4) is 5.75 Å². The normalized spacial score (nSPS) is 16.2. The fourth-order valence-electron chi connectivity index (χ4n) is 4.09. The Morgan fingerprint density at radius 2 is 1.59 bits per heavy atom. The maximum absolute atomic E-state index is 12.5. The van der Waals surface area contributed by atoms with Gasteiger partial charge in [-0.3, -0.25) is 14.4 Å². The van der Waals surface area contributed by atoms with Gasteiger partial charge in [-0.2, -0.15) is 0 Å². The summed E-state index contributed by atoms with van der Waals surface area (Å²) in [5, 5.41) is 2.83. The Kier molecular flexibility index (Phi) is 7.04. The molecule has 3 amide bonds. The largest absolute Gasteiger partial charge is 0.484 e. The van der Waals surface area contributed by atoms with Crippen LogP contribution in [0.15, 0.2) is 48.5 Å². The Hall–Kier alpha value is -3.35. The molecule has 2 aromatic rings. The van der Waals surface area contributed by atoms with Crippen molar-refractivity contribution in [1.29, 1.82) is 0 Å². The van der Waals surface area contributed by atoms with E-state index in [2.05, 4.69) is 5.32 Å². The number of carbonyl (C=O) groups is 3. The van der Waals surface area contributed by atoms with Crippen LogP contribution in [0.25, 0.3) is 0 Å². The molecular formula is C25H29N3O4. The Morgan fingerprint density at radius 3 is 2.25 bits per heavy atom. The van der Waals surface area contributed by atoms with E-state index < -0.39 is 0 Å². The molecule has 0 atom stereocenters. The van der Waals surface area contributed by atoms with Crippen LogP contribution in [0.4, 0.5) is 5.69 Å². The monoisotopic (exact) mass is 435 g/mol. The minimum atomic E-state index is -0.225. The van der Waals surface area contributed by atoms with Crippen LogP contribution in [0.2, 0.25) is 0 Å². The van der Waals surface area contributed by atoms with Gasteiger partial charge in [-0.25, -0.2) is 0 Å². The van der Waals surface area contributed by atoms with Crippen LogP contribution in [0.3, 0.4) is 0 Å². The molecule has 168 valence electrons. The molecule has 2 aliphatic heterocycles. The third kappa shape index (κ3) is 5.46. The predicted molar refractivity (Wildman–Crippen MR) is 122 cm³/mol. The number of hydrogen-bond acceptors (Lipinski definition) is 4. The maximum Gasteiger partial charge on any atom is 0.258 e. The van der Waals surface area contributed by atoms with E-state index in [1.54, 1.807) is 17.0 Å². The Balaban J connectivity index is 1.21. The Labute approximate surface area is 188 Å². The number of piperidine rings is 1. The van der Waals surface area contributed by atoms with Gasteiger partial charge in [0.2, 0.25) is 5.91 Å². The molecule has 7 nitrogen and oxygen atoms in total. The van der Waals surface area contributed by atoms with E-state index >= 15 is 0 Å². The summed E-state index contributed by atoms with van der Waals surface area (Å²) in [5.41, 5.74) is 2.46. The summed E-state index contributed by atoms with van der Waals surface area (Å²) in [5.74, 6) is 0.573. The third-order valence-corrected chi connectivity index (χ3v) is 5.93. The van der Waals surface area contributed by atoms with Crippen LogP contribution in [0.1, 0.15) is 48.0 Å². The molecular weight excluding hydrogens is 406 g/mol. The van der Waals surface area contributed by atoms with Crippen LogP contribution < -0.4 is 15.0 Å². The first-order valence-electron chi connectivity index (χ1n) is 11.3. The van der Waals surface area contributed by atoms with Gasteiger partial charge in [0.15, 0.2) is 6.61 Å². The van der Waals surface area contributed by atoms with Gasteiger partial charge in [0, 0.05) is 43.9 Å². The lowest BCUT2D eigenvalue weighted by Gasteiger charge is -2.26. The molecule has 0 radical (unpaired) electrons. The smallest absolute Gasteiger partial charge is 0.258 e. The second-order valence-corrected chi connectivity index (χ2v) is 8.26. The van der Waals surface area contributed by atoms with Crippen LogP contribution in [0, 0.1) is 0 Å². The number of nitrogens with zero attached hydrogens (tertiary/aromatic N) is 2. The number of rotatable bonds is 7. The minimum Gasteiger partial charge on any atom is -0.484 e. The highest BCUT2D eigenvalue weighted by molar-refractivity contribution is 5.95. The summed E-state index contributed by atoms with van der Waals surface area (Å²) >= 11 is 0. The molecule has 4 rings (SSSR count). The van der Waals surface area contributed by atoms with Crippen molar-refractivity contribution in [2.75, 3.05) is 31.1 Å². The number of anilines is 1. The van der Waals surface area contributed by atoms with E-state index in [-0.39, 0.29) is 24.3 Å². The van der Waals surface area contributed by atoms with Crippen LogP contribution in [0.5, 0.6) is 5.75 Å². The van der Waals surface area contributed by atoms with Crippen LogP contribution in [-0.2, 0) is 16.1 Å². The first kappa shape index (κ1) is 21.9. The zero-order valence-corrected chi connectivity index (χ0v) is 18.2. The number of hydrogen-bond donors (Lipinski definition) is 1. The molecule has 2 heterocycles. The van der Waals surface area contributed by atoms with Gasteiger partial charge in [0.05, 0.1) is 0 Å². The fourth-order valence-corrected chi connectivity index (χ4v) is 4.09. The van der Waals surface area contributed by atoms with Crippen molar-refractivity contribution in [3.63, 3.8) is 0 Å². The molecule has 0 aliphatic carbocycles. The zero-order chi connectivity index (χ0) is 22.3. The molecule has 32 heavy (non-hydrogen) atoms. The van der Waals surface area contributed by atoms with E-state index in [0.717, 1.165) is 50.1 Å². The number of ether oxygens (including phenoxy) is 1. The molecule has 2 aromatic carbocycles. The third-order valence-electron chi connectivity index (χ3n) is 5.93. The molecule has 2 saturated heterocycles. The number of likely N-dealkylation sites (tertiary alicyclic amines) is 1. The van der Waals surface area contributed by atoms with E-state index in [4.69, 9.17) is 4.74 Å². The van der Waals surface area contributed by atoms with Gasteiger partial charge >= 0.3 is 0 Å². The highest BCUT2D eigenvalue weighted by Gasteiger charge is 2.21. The van der Waals surface area contributed by atoms with E-state index in [1.807, 2.05) is 41.3 Å². The van der Waals surface area contributed by atoms with Gasteiger partial charge in [-0.05, 0) is 67.6 Å². The second-order valence-electron chi connectivity index (χ2n) is 8.26. The van der Waals surface area contributed by atoms with Gasteiger partial charge < -0.3 is 19.9 Å². The number of nitrogens with one attached hydrogen (secondary N) is 1. The molecule has 0 aromatic heterocycles. The summed E-state index contributed by atoms with van der Waals surface area (Å²) in [6, 6.07) is 14.6. The lowest BCUT2D eigenvalue weighted by Crippen LogP contribution is -2.35. The summed E-state index contributed by atoms with van der Waals surface area (Å²) in [6.45, 7) is 2.68. The van der Waals surface area contributed by atoms with E-state index in [9.17, 15) is 14.4 Å². The number of benzene rings is 2. The van der Waals surface area contributed by atoms with E-state index in [0.29, 0.717) is 24.3 Å². The highest BCUT2D eigenvalue weighted by Crippen LogP contribution is 2.23. The molecule has 0 saturated carbocycles. The number of carbonyl (C=O) groups excluding carboxylic acids is 3. The minimum absolute atomic E-state index is 0.0776. The molecule has 0 bridgehead atoms. The number of amides is 3. The summed E-state index contributed by atoms with van der Waals surface area (Å²) < 4.78 is 5.55. The zero-order valence-electron chi connectivity index (χ0n) is 18.2. The molecule has 7 heteroatoms. The maximum atomic E-state index is 12.5. The van der Waals surface area contributed by atoms with E-state index in [1.165, 1.54) is 6.42 Å². The second kappa shape index (κ2) is 10.3. The first-order chi connectivity index (χ1) is 15.6. The highest BCUT2D eigenvalue weighted by atomic mass is 16.5. The standard InChI is InChI=1S/C25H29N3O4/c29-23(18-32-22-12-10-21(11-13-22)28-16-4-5-24(28)30)26-17-19-6-8-20(9-7-19)25(31)27-14-2-1-3-15-27/h6-13H,1-5,14-18H2,(H,26,29). The first-order valence-corrected chi connectivity index (χ1v) is 11.3. The Morgan fingerprint density at radius 1 is 0.875 bits per heavy atom. The summed E-state index contributed by atoms with van der Waals surface area (Å²) in [4.78, 5) is 40.2. The quantitative estimate of drug-likeness (QED) is 0.725. The lowest BCUT2D eigenvalue weighted by atomic mass is 10.1. The average Bonchev–Trinajstić information content (AvgIpc) is 3.28. The fraction of sp³-hybridized carbons (Fsp3) is 0.400. The van der Waals surface area contributed by atoms with Crippen LogP contribution in [-0.4, -0.2) is 48.9 Å². The van der Waals surface area contributed by atoms with Crippen molar-refractivity contribution in [2.24, 2.45) is 0 Å². The molecule has 1 N–H and O–H groups in total.